The molecule has 0 radical (unpaired) electrons. The van der Waals surface area contributed by atoms with Crippen molar-refractivity contribution in [2.45, 2.75) is 25.8 Å². The average Bonchev–Trinajstić information content (AvgIpc) is 2.62. The van der Waals surface area contributed by atoms with E-state index in [4.69, 9.17) is 5.73 Å². The van der Waals surface area contributed by atoms with Gasteiger partial charge in [-0.05, 0) is 37.0 Å². The highest BCUT2D eigenvalue weighted by atomic mass is 32.2. The second kappa shape index (κ2) is 4.07. The van der Waals surface area contributed by atoms with Gasteiger partial charge in [0.05, 0.1) is 11.4 Å². The van der Waals surface area contributed by atoms with Gasteiger partial charge in [-0.15, -0.1) is 0 Å². The van der Waals surface area contributed by atoms with Crippen molar-refractivity contribution >= 4 is 15.7 Å². The van der Waals surface area contributed by atoms with Gasteiger partial charge in [0, 0.05) is 6.04 Å². The Labute approximate surface area is 95.9 Å². The zero-order valence-electron chi connectivity index (χ0n) is 9.23. The van der Waals surface area contributed by atoms with Crippen LogP contribution in [0.2, 0.25) is 0 Å². The monoisotopic (exact) mass is 240 g/mol. The van der Waals surface area contributed by atoms with Gasteiger partial charge in [0.25, 0.3) is 0 Å². The molecule has 16 heavy (non-hydrogen) atoms. The number of benzene rings is 1. The molecule has 4 nitrogen and oxygen atoms in total. The van der Waals surface area contributed by atoms with Crippen LogP contribution < -0.4 is 10.5 Å². The number of nitrogens with two attached hydrogens (primary N) is 1. The van der Waals surface area contributed by atoms with Gasteiger partial charge in [0.15, 0.2) is 0 Å². The number of hydrogen-bond donors (Lipinski definition) is 2. The Bertz CT molecular complexity index is 497. The van der Waals surface area contributed by atoms with Crippen LogP contribution in [-0.2, 0) is 16.4 Å². The van der Waals surface area contributed by atoms with Gasteiger partial charge in [0.2, 0.25) is 10.0 Å². The molecule has 0 saturated carbocycles. The van der Waals surface area contributed by atoms with Crippen molar-refractivity contribution in [2.24, 2.45) is 5.73 Å². The van der Waals surface area contributed by atoms with Crippen molar-refractivity contribution < 1.29 is 8.42 Å². The average molecular weight is 240 g/mol. The third kappa shape index (κ3) is 2.05. The highest BCUT2D eigenvalue weighted by Crippen LogP contribution is 2.34. The molecule has 2 rings (SSSR count). The van der Waals surface area contributed by atoms with Gasteiger partial charge in [-0.2, -0.15) is 0 Å². The van der Waals surface area contributed by atoms with Crippen LogP contribution in [0.25, 0.3) is 0 Å². The number of nitrogens with one attached hydrogen (secondary N) is 1. The van der Waals surface area contributed by atoms with E-state index < -0.39 is 10.0 Å². The Morgan fingerprint density at radius 2 is 2.25 bits per heavy atom. The van der Waals surface area contributed by atoms with Gasteiger partial charge in [0.1, 0.15) is 0 Å². The van der Waals surface area contributed by atoms with E-state index in [1.54, 1.807) is 13.0 Å². The Hall–Kier alpha value is -1.07. The maximum absolute atomic E-state index is 11.5. The summed E-state index contributed by atoms with van der Waals surface area (Å²) in [7, 11) is -3.20. The van der Waals surface area contributed by atoms with Gasteiger partial charge in [-0.3, -0.25) is 4.72 Å². The van der Waals surface area contributed by atoms with E-state index in [9.17, 15) is 8.42 Å². The summed E-state index contributed by atoms with van der Waals surface area (Å²) in [6.45, 7) is 1.62. The predicted octanol–water partition coefficient (Wildman–Crippen LogP) is 1.39. The third-order valence-corrected chi connectivity index (χ3v) is 4.25. The number of hydrogen-bond acceptors (Lipinski definition) is 3. The van der Waals surface area contributed by atoms with Gasteiger partial charge < -0.3 is 5.73 Å². The third-order valence-electron chi connectivity index (χ3n) is 2.96. The molecule has 0 fully saturated rings. The molecule has 1 aliphatic rings. The van der Waals surface area contributed by atoms with Crippen molar-refractivity contribution in [2.75, 3.05) is 10.5 Å². The summed E-state index contributed by atoms with van der Waals surface area (Å²) in [5, 5.41) is 0. The molecule has 1 atom stereocenters. The molecule has 5 heteroatoms. The van der Waals surface area contributed by atoms with Crippen LogP contribution in [0.15, 0.2) is 18.2 Å². The number of anilines is 1. The SMILES string of the molecule is CCS(=O)(=O)Nc1cccc2c1CCC2N. The number of sulfonamides is 1. The van der Waals surface area contributed by atoms with Crippen LogP contribution in [0.5, 0.6) is 0 Å². The lowest BCUT2D eigenvalue weighted by Gasteiger charge is -2.11. The minimum atomic E-state index is -3.20. The molecule has 0 heterocycles. The van der Waals surface area contributed by atoms with E-state index in [1.165, 1.54) is 0 Å². The molecule has 1 unspecified atom stereocenters. The highest BCUT2D eigenvalue weighted by Gasteiger charge is 2.22. The molecule has 1 aliphatic carbocycles. The molecule has 3 N–H and O–H groups in total. The van der Waals surface area contributed by atoms with Crippen LogP contribution in [0.1, 0.15) is 30.5 Å². The number of rotatable bonds is 3. The van der Waals surface area contributed by atoms with Crippen molar-refractivity contribution in [1.29, 1.82) is 0 Å². The second-order valence-electron chi connectivity index (χ2n) is 4.02. The van der Waals surface area contributed by atoms with Crippen molar-refractivity contribution in [1.82, 2.24) is 0 Å². The van der Waals surface area contributed by atoms with E-state index in [-0.39, 0.29) is 11.8 Å². The molecular formula is C11H16N2O2S. The fourth-order valence-corrected chi connectivity index (χ4v) is 2.69. The molecule has 0 aromatic heterocycles. The minimum absolute atomic E-state index is 0.0427. The van der Waals surface area contributed by atoms with Gasteiger partial charge in [-0.1, -0.05) is 12.1 Å². The molecule has 88 valence electrons. The smallest absolute Gasteiger partial charge is 0.232 e. The van der Waals surface area contributed by atoms with E-state index >= 15 is 0 Å². The first-order valence-corrected chi connectivity index (χ1v) is 7.06. The lowest BCUT2D eigenvalue weighted by Crippen LogP contribution is -2.16. The van der Waals surface area contributed by atoms with E-state index in [2.05, 4.69) is 4.72 Å². The van der Waals surface area contributed by atoms with Crippen molar-refractivity contribution in [3.05, 3.63) is 29.3 Å². The Morgan fingerprint density at radius 1 is 1.50 bits per heavy atom. The van der Waals surface area contributed by atoms with Crippen LogP contribution in [0.4, 0.5) is 5.69 Å². The fraction of sp³-hybridized carbons (Fsp3) is 0.455. The summed E-state index contributed by atoms with van der Waals surface area (Å²) in [5.41, 5.74) is 8.74. The maximum atomic E-state index is 11.5. The molecule has 1 aromatic carbocycles. The van der Waals surface area contributed by atoms with Crippen LogP contribution in [0, 0.1) is 0 Å². The lowest BCUT2D eigenvalue weighted by molar-refractivity contribution is 0.602. The fourth-order valence-electron chi connectivity index (χ4n) is 2.02. The minimum Gasteiger partial charge on any atom is -0.324 e. The van der Waals surface area contributed by atoms with E-state index in [0.29, 0.717) is 5.69 Å². The highest BCUT2D eigenvalue weighted by molar-refractivity contribution is 7.92. The van der Waals surface area contributed by atoms with Gasteiger partial charge in [-0.25, -0.2) is 8.42 Å². The first-order chi connectivity index (χ1) is 7.53. The summed E-state index contributed by atoms with van der Waals surface area (Å²) in [4.78, 5) is 0. The maximum Gasteiger partial charge on any atom is 0.232 e. The molecule has 0 bridgehead atoms. The van der Waals surface area contributed by atoms with Crippen molar-refractivity contribution in [3.8, 4) is 0 Å². The quantitative estimate of drug-likeness (QED) is 0.838. The van der Waals surface area contributed by atoms with Crippen LogP contribution in [-0.4, -0.2) is 14.2 Å². The second-order valence-corrected chi connectivity index (χ2v) is 6.03. The Balaban J connectivity index is 2.37. The standard InChI is InChI=1S/C11H16N2O2S/c1-2-16(14,15)13-11-5-3-4-8-9(11)6-7-10(8)12/h3-5,10,13H,2,6-7,12H2,1H3. The predicted molar refractivity (Wildman–Crippen MR) is 64.8 cm³/mol. The van der Waals surface area contributed by atoms with E-state index in [0.717, 1.165) is 24.0 Å². The van der Waals surface area contributed by atoms with E-state index in [1.807, 2.05) is 12.1 Å². The molecule has 0 saturated heterocycles. The number of fused-ring (bicyclic) bond motifs is 1. The summed E-state index contributed by atoms with van der Waals surface area (Å²) < 4.78 is 25.6. The first-order valence-electron chi connectivity index (χ1n) is 5.41. The first kappa shape index (κ1) is 11.4. The molecular weight excluding hydrogens is 224 g/mol. The largest absolute Gasteiger partial charge is 0.324 e. The Morgan fingerprint density at radius 3 is 2.94 bits per heavy atom. The summed E-state index contributed by atoms with van der Waals surface area (Å²) in [6.07, 6.45) is 1.74. The summed E-state index contributed by atoms with van der Waals surface area (Å²) in [5.74, 6) is 0.0860. The molecule has 0 amide bonds. The molecule has 0 aliphatic heterocycles. The molecule has 0 spiro atoms. The normalized spacial score (nSPS) is 19.5. The zero-order chi connectivity index (χ0) is 11.8. The Kier molecular flexibility index (Phi) is 2.90. The van der Waals surface area contributed by atoms with Crippen molar-refractivity contribution in [3.63, 3.8) is 0 Å². The summed E-state index contributed by atoms with van der Waals surface area (Å²) >= 11 is 0. The summed E-state index contributed by atoms with van der Waals surface area (Å²) in [6, 6.07) is 5.65. The van der Waals surface area contributed by atoms with Gasteiger partial charge >= 0.3 is 0 Å². The van der Waals surface area contributed by atoms with Crippen LogP contribution in [0.3, 0.4) is 0 Å². The molecule has 1 aromatic rings. The zero-order valence-corrected chi connectivity index (χ0v) is 10.0. The topological polar surface area (TPSA) is 72.2 Å². The van der Waals surface area contributed by atoms with Crippen LogP contribution >= 0.6 is 0 Å². The lowest BCUT2D eigenvalue weighted by atomic mass is 10.1.